The lowest BCUT2D eigenvalue weighted by Gasteiger charge is -2.37. The van der Waals surface area contributed by atoms with E-state index < -0.39 is 38.2 Å². The van der Waals surface area contributed by atoms with E-state index in [1.165, 1.54) is 36.4 Å². The second-order valence-electron chi connectivity index (χ2n) is 13.8. The number of nitrogens with zero attached hydrogens (tertiary/aromatic N) is 4. The molecule has 0 unspecified atom stereocenters. The molecule has 0 atom stereocenters. The molecule has 0 amide bonds. The first-order chi connectivity index (χ1) is 28.9. The summed E-state index contributed by atoms with van der Waals surface area (Å²) in [5, 5.41) is 0. The van der Waals surface area contributed by atoms with Crippen LogP contribution < -0.4 is 4.74 Å². The number of aromatic nitrogens is 4. The molecule has 0 saturated heterocycles. The van der Waals surface area contributed by atoms with E-state index in [1.54, 1.807) is 30.3 Å². The predicted molar refractivity (Wildman–Crippen MR) is 205 cm³/mol. The molecule has 5 aromatic carbocycles. The third-order valence-corrected chi connectivity index (χ3v) is 9.65. The second-order valence-corrected chi connectivity index (χ2v) is 13.8. The van der Waals surface area contributed by atoms with Gasteiger partial charge in [-0.05, 0) is 84.3 Å². The van der Waals surface area contributed by atoms with Gasteiger partial charge >= 0.3 is 0 Å². The average molecular weight is 665 g/mol. The third kappa shape index (κ3) is 4.39. The standard InChI is InChI=1S/C45H40N4O/c1-27-20-22-29(48-37-17-11-12-18-38(37)49-36-16-10-9-15-34(36)47-43(48)49)26-30(27)41-28(2)21-25-35(46-41)40-32(44(3,4)5)23-24-33-42(40)50-39-19-13-8-14-31(39)45(33,6)7/h8-26H,1-7H3/i1D3,2D3,6D3,7D3. The summed E-state index contributed by atoms with van der Waals surface area (Å²) in [6.07, 6.45) is 0. The summed E-state index contributed by atoms with van der Waals surface area (Å²) < 4.78 is 116. The van der Waals surface area contributed by atoms with E-state index in [2.05, 4.69) is 0 Å². The summed E-state index contributed by atoms with van der Waals surface area (Å²) in [5.74, 6) is 0.530. The van der Waals surface area contributed by atoms with Gasteiger partial charge in [0, 0.05) is 49.8 Å². The Morgan fingerprint density at radius 1 is 0.700 bits per heavy atom. The number of imidazole rings is 2. The van der Waals surface area contributed by atoms with Crippen LogP contribution in [0.15, 0.2) is 115 Å². The highest BCUT2D eigenvalue weighted by molar-refractivity contribution is 5.92. The molecule has 0 N–H and O–H groups in total. The van der Waals surface area contributed by atoms with Crippen molar-refractivity contribution in [3.8, 4) is 39.7 Å². The minimum absolute atomic E-state index is 0.0234. The smallest absolute Gasteiger partial charge is 0.220 e. The van der Waals surface area contributed by atoms with Crippen molar-refractivity contribution in [2.24, 2.45) is 0 Å². The van der Waals surface area contributed by atoms with Crippen LogP contribution in [-0.4, -0.2) is 18.9 Å². The van der Waals surface area contributed by atoms with Crippen molar-refractivity contribution in [2.45, 2.75) is 59.0 Å². The summed E-state index contributed by atoms with van der Waals surface area (Å²) in [5.41, 5.74) is 0.798. The molecule has 0 fully saturated rings. The first-order valence-corrected chi connectivity index (χ1v) is 16.4. The SMILES string of the molecule is [2H]C([2H])([2H])c1ccc(-n2c3ccccc3n3c4ccccc4nc23)cc1-c1nc(-c2c(C(C)(C)C)ccc3c2Oc2ccccc2C3(C([2H])([2H])[2H])C([2H])([2H])[2H])ccc1C([2H])([2H])[2H]. The maximum Gasteiger partial charge on any atom is 0.220 e. The Morgan fingerprint density at radius 2 is 1.44 bits per heavy atom. The molecular formula is C45H40N4O. The molecular weight excluding hydrogens is 613 g/mol. The number of benzene rings is 5. The van der Waals surface area contributed by atoms with Crippen molar-refractivity contribution in [3.05, 3.63) is 143 Å². The van der Waals surface area contributed by atoms with Crippen LogP contribution in [0.25, 0.3) is 56.0 Å². The minimum atomic E-state index is -3.11. The predicted octanol–water partition coefficient (Wildman–Crippen LogP) is 11.5. The topological polar surface area (TPSA) is 44.4 Å². The highest BCUT2D eigenvalue weighted by Gasteiger charge is 2.38. The van der Waals surface area contributed by atoms with Gasteiger partial charge in [0.25, 0.3) is 0 Å². The molecule has 5 nitrogen and oxygen atoms in total. The molecule has 0 saturated carbocycles. The van der Waals surface area contributed by atoms with Crippen LogP contribution in [-0.2, 0) is 10.8 Å². The Morgan fingerprint density at radius 3 is 2.24 bits per heavy atom. The number of para-hydroxylation sites is 5. The third-order valence-electron chi connectivity index (χ3n) is 9.65. The normalized spacial score (nSPS) is 18.4. The molecule has 0 radical (unpaired) electrons. The molecule has 1 aliphatic rings. The molecule has 3 aromatic heterocycles. The minimum Gasteiger partial charge on any atom is -0.456 e. The van der Waals surface area contributed by atoms with Gasteiger partial charge in [0.1, 0.15) is 11.5 Å². The summed E-state index contributed by atoms with van der Waals surface area (Å²) in [4.78, 5) is 10.0. The first kappa shape index (κ1) is 20.1. The van der Waals surface area contributed by atoms with Gasteiger partial charge in [-0.3, -0.25) is 8.97 Å². The molecule has 0 aliphatic carbocycles. The van der Waals surface area contributed by atoms with E-state index in [1.807, 2.05) is 78.3 Å². The molecule has 0 spiro atoms. The summed E-state index contributed by atoms with van der Waals surface area (Å²) in [7, 11) is 0. The maximum absolute atomic E-state index is 8.86. The van der Waals surface area contributed by atoms with Crippen LogP contribution in [0.2, 0.25) is 0 Å². The van der Waals surface area contributed by atoms with Gasteiger partial charge in [-0.25, -0.2) is 9.97 Å². The highest BCUT2D eigenvalue weighted by Crippen LogP contribution is 2.53. The van der Waals surface area contributed by atoms with Crippen molar-refractivity contribution in [2.75, 3.05) is 0 Å². The second kappa shape index (κ2) is 10.7. The van der Waals surface area contributed by atoms with Crippen molar-refractivity contribution in [1.82, 2.24) is 18.9 Å². The summed E-state index contributed by atoms with van der Waals surface area (Å²) >= 11 is 0. The fourth-order valence-electron chi connectivity index (χ4n) is 7.26. The van der Waals surface area contributed by atoms with Crippen LogP contribution in [0.4, 0.5) is 0 Å². The van der Waals surface area contributed by atoms with Crippen molar-refractivity contribution in [1.29, 1.82) is 0 Å². The van der Waals surface area contributed by atoms with Crippen LogP contribution >= 0.6 is 0 Å². The van der Waals surface area contributed by atoms with Gasteiger partial charge in [0.05, 0.1) is 33.5 Å². The molecule has 8 aromatic rings. The van der Waals surface area contributed by atoms with E-state index in [-0.39, 0.29) is 56.3 Å². The van der Waals surface area contributed by atoms with Gasteiger partial charge in [0.2, 0.25) is 5.78 Å². The number of hydrogen-bond donors (Lipinski definition) is 0. The fraction of sp³-hybridized carbons (Fsp3) is 0.200. The molecule has 9 rings (SSSR count). The van der Waals surface area contributed by atoms with Gasteiger partial charge < -0.3 is 4.74 Å². The number of rotatable bonds is 3. The molecule has 246 valence electrons. The van der Waals surface area contributed by atoms with E-state index in [0.717, 1.165) is 22.1 Å². The lowest BCUT2D eigenvalue weighted by molar-refractivity contribution is 0.417. The van der Waals surface area contributed by atoms with E-state index in [4.69, 9.17) is 31.2 Å². The molecule has 4 heterocycles. The van der Waals surface area contributed by atoms with Gasteiger partial charge in [-0.1, -0.05) is 101 Å². The number of aryl methyl sites for hydroxylation is 2. The Balaban J connectivity index is 1.38. The Labute approximate surface area is 309 Å². The van der Waals surface area contributed by atoms with Crippen LogP contribution in [0.5, 0.6) is 11.5 Å². The first-order valence-electron chi connectivity index (χ1n) is 22.4. The van der Waals surface area contributed by atoms with Crippen LogP contribution in [0.3, 0.4) is 0 Å². The number of ether oxygens (including phenoxy) is 1. The highest BCUT2D eigenvalue weighted by atomic mass is 16.5. The quantitative estimate of drug-likeness (QED) is 0.189. The monoisotopic (exact) mass is 664 g/mol. The lowest BCUT2D eigenvalue weighted by Crippen LogP contribution is -2.26. The fourth-order valence-corrected chi connectivity index (χ4v) is 7.26. The van der Waals surface area contributed by atoms with Gasteiger partial charge in [-0.2, -0.15) is 0 Å². The zero-order valence-corrected chi connectivity index (χ0v) is 27.7. The zero-order chi connectivity index (χ0) is 44.5. The van der Waals surface area contributed by atoms with Crippen molar-refractivity contribution >= 4 is 27.8 Å². The zero-order valence-electron chi connectivity index (χ0n) is 39.7. The number of fused-ring (bicyclic) bond motifs is 7. The van der Waals surface area contributed by atoms with E-state index >= 15 is 0 Å². The van der Waals surface area contributed by atoms with Gasteiger partial charge in [-0.15, -0.1) is 0 Å². The van der Waals surface area contributed by atoms with Gasteiger partial charge in [0.15, 0.2) is 0 Å². The number of pyridine rings is 1. The number of hydrogen-bond acceptors (Lipinski definition) is 3. The maximum atomic E-state index is 8.86. The molecule has 50 heavy (non-hydrogen) atoms. The van der Waals surface area contributed by atoms with Crippen LogP contribution in [0.1, 0.15) is 78.7 Å². The van der Waals surface area contributed by atoms with Crippen LogP contribution in [0, 0.1) is 13.7 Å². The molecule has 5 heteroatoms. The lowest BCUT2D eigenvalue weighted by atomic mass is 9.72. The molecule has 0 bridgehead atoms. The van der Waals surface area contributed by atoms with E-state index in [0.29, 0.717) is 17.0 Å². The average Bonchev–Trinajstić information content (AvgIpc) is 3.71. The van der Waals surface area contributed by atoms with Crippen molar-refractivity contribution in [3.63, 3.8) is 0 Å². The molecule has 1 aliphatic heterocycles. The largest absolute Gasteiger partial charge is 0.456 e. The summed E-state index contributed by atoms with van der Waals surface area (Å²) in [6, 6.07) is 32.3. The Bertz CT molecular complexity index is 3090. The Hall–Kier alpha value is -5.68. The van der Waals surface area contributed by atoms with Crippen molar-refractivity contribution < 1.29 is 21.2 Å². The Kier molecular flexibility index (Phi) is 4.29. The summed E-state index contributed by atoms with van der Waals surface area (Å²) in [6.45, 7) is -5.97. The van der Waals surface area contributed by atoms with E-state index in [9.17, 15) is 0 Å².